The maximum Gasteiger partial charge on any atom is 0.220 e. The van der Waals surface area contributed by atoms with Crippen LogP contribution in [0.15, 0.2) is 0 Å². The van der Waals surface area contributed by atoms with Gasteiger partial charge in [0.25, 0.3) is 0 Å². The van der Waals surface area contributed by atoms with Crippen molar-refractivity contribution in [3.8, 4) is 0 Å². The van der Waals surface area contributed by atoms with Crippen LogP contribution in [0.5, 0.6) is 0 Å². The summed E-state index contributed by atoms with van der Waals surface area (Å²) in [5.74, 6) is 0.895. The third kappa shape index (κ3) is 7.65. The van der Waals surface area contributed by atoms with Crippen LogP contribution in [0.2, 0.25) is 0 Å². The fraction of sp³-hybridized carbons (Fsp3) is 0.917. The zero-order chi connectivity index (χ0) is 12.4. The van der Waals surface area contributed by atoms with Crippen LogP contribution in [0.25, 0.3) is 0 Å². The van der Waals surface area contributed by atoms with Crippen molar-refractivity contribution in [2.75, 3.05) is 26.8 Å². The number of carbonyl (C=O) groups excluding carboxylic acids is 1. The molecule has 0 saturated carbocycles. The lowest BCUT2D eigenvalue weighted by atomic mass is 10.0. The van der Waals surface area contributed by atoms with Crippen LogP contribution >= 0.6 is 0 Å². The molecule has 0 bridgehead atoms. The van der Waals surface area contributed by atoms with Gasteiger partial charge >= 0.3 is 0 Å². The molecule has 1 amide bonds. The van der Waals surface area contributed by atoms with Crippen molar-refractivity contribution in [3.05, 3.63) is 0 Å². The van der Waals surface area contributed by atoms with Crippen molar-refractivity contribution in [3.63, 3.8) is 0 Å². The summed E-state index contributed by atoms with van der Waals surface area (Å²) in [5, 5.41) is 2.96. The van der Waals surface area contributed by atoms with Crippen LogP contribution in [-0.4, -0.2) is 32.7 Å². The lowest BCUT2D eigenvalue weighted by Crippen LogP contribution is -2.31. The third-order valence-corrected chi connectivity index (χ3v) is 2.73. The first-order chi connectivity index (χ1) is 7.63. The van der Waals surface area contributed by atoms with Gasteiger partial charge in [-0.25, -0.2) is 0 Å². The van der Waals surface area contributed by atoms with Gasteiger partial charge in [0.05, 0.1) is 0 Å². The Kier molecular flexibility index (Phi) is 9.24. The molecule has 0 aromatic heterocycles. The molecule has 0 aliphatic heterocycles. The van der Waals surface area contributed by atoms with Crippen LogP contribution in [0, 0.1) is 11.8 Å². The molecule has 96 valence electrons. The standard InChI is InChI=1S/C12H26N2O2/c1-4-11(5-6-13)8-14-12(15)7-10(2)9-16-3/h10-11H,4-9,13H2,1-3H3,(H,14,15). The first-order valence-electron chi connectivity index (χ1n) is 6.09. The highest BCUT2D eigenvalue weighted by Gasteiger charge is 2.11. The van der Waals surface area contributed by atoms with Gasteiger partial charge in [-0.1, -0.05) is 20.3 Å². The topological polar surface area (TPSA) is 64.3 Å². The number of ether oxygens (including phenoxy) is 1. The van der Waals surface area contributed by atoms with E-state index in [-0.39, 0.29) is 11.8 Å². The molecular formula is C12H26N2O2. The van der Waals surface area contributed by atoms with Gasteiger partial charge in [0.15, 0.2) is 0 Å². The number of methoxy groups -OCH3 is 1. The average Bonchev–Trinajstić information content (AvgIpc) is 2.24. The van der Waals surface area contributed by atoms with E-state index in [9.17, 15) is 4.79 Å². The molecule has 0 aromatic carbocycles. The van der Waals surface area contributed by atoms with E-state index in [4.69, 9.17) is 10.5 Å². The number of amides is 1. The lowest BCUT2D eigenvalue weighted by Gasteiger charge is -2.16. The van der Waals surface area contributed by atoms with Crippen LogP contribution in [0.3, 0.4) is 0 Å². The highest BCUT2D eigenvalue weighted by Crippen LogP contribution is 2.06. The highest BCUT2D eigenvalue weighted by atomic mass is 16.5. The zero-order valence-electron chi connectivity index (χ0n) is 10.8. The summed E-state index contributed by atoms with van der Waals surface area (Å²) in [5.41, 5.74) is 5.50. The summed E-state index contributed by atoms with van der Waals surface area (Å²) < 4.78 is 4.99. The minimum Gasteiger partial charge on any atom is -0.384 e. The predicted molar refractivity (Wildman–Crippen MR) is 66.1 cm³/mol. The second-order valence-corrected chi connectivity index (χ2v) is 4.42. The largest absolute Gasteiger partial charge is 0.384 e. The fourth-order valence-electron chi connectivity index (χ4n) is 1.68. The van der Waals surface area contributed by atoms with Crippen LogP contribution < -0.4 is 11.1 Å². The third-order valence-electron chi connectivity index (χ3n) is 2.73. The average molecular weight is 230 g/mol. The normalized spacial score (nSPS) is 14.5. The molecule has 2 unspecified atom stereocenters. The van der Waals surface area contributed by atoms with Gasteiger partial charge in [-0.3, -0.25) is 4.79 Å². The second-order valence-electron chi connectivity index (χ2n) is 4.42. The van der Waals surface area contributed by atoms with Crippen LogP contribution in [0.1, 0.15) is 33.1 Å². The summed E-state index contributed by atoms with van der Waals surface area (Å²) in [6.07, 6.45) is 2.57. The molecule has 0 aromatic rings. The zero-order valence-corrected chi connectivity index (χ0v) is 10.8. The fourth-order valence-corrected chi connectivity index (χ4v) is 1.68. The minimum atomic E-state index is 0.111. The minimum absolute atomic E-state index is 0.111. The summed E-state index contributed by atoms with van der Waals surface area (Å²) in [4.78, 5) is 11.6. The summed E-state index contributed by atoms with van der Waals surface area (Å²) >= 11 is 0. The van der Waals surface area contributed by atoms with E-state index in [1.165, 1.54) is 0 Å². The van der Waals surface area contributed by atoms with E-state index in [2.05, 4.69) is 12.2 Å². The molecule has 16 heavy (non-hydrogen) atoms. The van der Waals surface area contributed by atoms with Crippen molar-refractivity contribution >= 4 is 5.91 Å². The van der Waals surface area contributed by atoms with Gasteiger partial charge in [-0.15, -0.1) is 0 Å². The number of carbonyl (C=O) groups is 1. The summed E-state index contributed by atoms with van der Waals surface area (Å²) in [6, 6.07) is 0. The summed E-state index contributed by atoms with van der Waals surface area (Å²) in [6.45, 7) is 6.20. The Hall–Kier alpha value is -0.610. The van der Waals surface area contributed by atoms with E-state index in [1.54, 1.807) is 7.11 Å². The van der Waals surface area contributed by atoms with Crippen LogP contribution in [0.4, 0.5) is 0 Å². The van der Waals surface area contributed by atoms with Gasteiger partial charge in [0.1, 0.15) is 0 Å². The Bertz CT molecular complexity index is 186. The van der Waals surface area contributed by atoms with E-state index in [0.29, 0.717) is 25.5 Å². The molecule has 4 heteroatoms. The van der Waals surface area contributed by atoms with E-state index < -0.39 is 0 Å². The van der Waals surface area contributed by atoms with E-state index in [0.717, 1.165) is 19.4 Å². The van der Waals surface area contributed by atoms with Crippen molar-refractivity contribution in [2.45, 2.75) is 33.1 Å². The Morgan fingerprint density at radius 2 is 2.19 bits per heavy atom. The Balaban J connectivity index is 3.70. The Morgan fingerprint density at radius 3 is 2.69 bits per heavy atom. The first kappa shape index (κ1) is 15.4. The molecule has 0 heterocycles. The molecule has 0 fully saturated rings. The van der Waals surface area contributed by atoms with E-state index >= 15 is 0 Å². The van der Waals surface area contributed by atoms with Crippen molar-refractivity contribution in [2.24, 2.45) is 17.6 Å². The molecule has 4 nitrogen and oxygen atoms in total. The number of nitrogens with two attached hydrogens (primary N) is 1. The lowest BCUT2D eigenvalue weighted by molar-refractivity contribution is -0.122. The molecule has 0 aliphatic rings. The van der Waals surface area contributed by atoms with Gasteiger partial charge < -0.3 is 15.8 Å². The van der Waals surface area contributed by atoms with Crippen molar-refractivity contribution in [1.29, 1.82) is 0 Å². The van der Waals surface area contributed by atoms with Crippen molar-refractivity contribution in [1.82, 2.24) is 5.32 Å². The number of hydrogen-bond donors (Lipinski definition) is 2. The summed E-state index contributed by atoms with van der Waals surface area (Å²) in [7, 11) is 1.66. The van der Waals surface area contributed by atoms with Gasteiger partial charge in [0.2, 0.25) is 5.91 Å². The predicted octanol–water partition coefficient (Wildman–Crippen LogP) is 1.15. The second kappa shape index (κ2) is 9.60. The SMILES string of the molecule is CCC(CCN)CNC(=O)CC(C)COC. The maximum absolute atomic E-state index is 11.6. The molecule has 0 spiro atoms. The number of rotatable bonds is 9. The van der Waals surface area contributed by atoms with Crippen LogP contribution in [-0.2, 0) is 9.53 Å². The van der Waals surface area contributed by atoms with Gasteiger partial charge in [-0.05, 0) is 24.8 Å². The number of hydrogen-bond acceptors (Lipinski definition) is 3. The highest BCUT2D eigenvalue weighted by molar-refractivity contribution is 5.76. The molecule has 2 atom stereocenters. The molecule has 0 radical (unpaired) electrons. The quantitative estimate of drug-likeness (QED) is 0.624. The maximum atomic E-state index is 11.6. The Labute approximate surface area is 98.9 Å². The first-order valence-corrected chi connectivity index (χ1v) is 6.09. The molecule has 0 aliphatic carbocycles. The monoisotopic (exact) mass is 230 g/mol. The van der Waals surface area contributed by atoms with Gasteiger partial charge in [-0.2, -0.15) is 0 Å². The smallest absolute Gasteiger partial charge is 0.220 e. The van der Waals surface area contributed by atoms with E-state index in [1.807, 2.05) is 6.92 Å². The molecular weight excluding hydrogens is 204 g/mol. The molecule has 3 N–H and O–H groups in total. The van der Waals surface area contributed by atoms with Gasteiger partial charge in [0, 0.05) is 26.7 Å². The molecule has 0 rings (SSSR count). The van der Waals surface area contributed by atoms with Crippen molar-refractivity contribution < 1.29 is 9.53 Å². The Morgan fingerprint density at radius 1 is 1.50 bits per heavy atom. The number of nitrogens with one attached hydrogen (secondary N) is 1. The molecule has 0 saturated heterocycles.